The number of hydrogen-bond donors (Lipinski definition) is 1. The van der Waals surface area contributed by atoms with Crippen LogP contribution in [0.25, 0.3) is 0 Å². The van der Waals surface area contributed by atoms with E-state index in [-0.39, 0.29) is 31.3 Å². The Kier molecular flexibility index (Phi) is 3.50. The van der Waals surface area contributed by atoms with E-state index >= 15 is 0 Å². The average Bonchev–Trinajstić information content (AvgIpc) is 2.68. The molecule has 1 aliphatic heterocycles. The topological polar surface area (TPSA) is 87.2 Å². The van der Waals surface area contributed by atoms with E-state index in [1.165, 1.54) is 11.9 Å². The van der Waals surface area contributed by atoms with Gasteiger partial charge >= 0.3 is 12.0 Å². The Balaban J connectivity index is 1.84. The number of carbonyl (C=O) groups excluding carboxylic acids is 2. The lowest BCUT2D eigenvalue weighted by Gasteiger charge is -2.46. The zero-order valence-electron chi connectivity index (χ0n) is 13.0. The molecule has 2 fully saturated rings. The molecule has 7 heteroatoms. The van der Waals surface area contributed by atoms with Gasteiger partial charge in [-0.1, -0.05) is 12.1 Å². The summed E-state index contributed by atoms with van der Waals surface area (Å²) in [6.07, 6.45) is 0.348. The van der Waals surface area contributed by atoms with Crippen LogP contribution in [-0.4, -0.2) is 52.5 Å². The molecule has 1 heterocycles. The van der Waals surface area contributed by atoms with Crippen LogP contribution < -0.4 is 4.74 Å². The van der Waals surface area contributed by atoms with Crippen molar-refractivity contribution in [1.29, 1.82) is 0 Å². The van der Waals surface area contributed by atoms with Gasteiger partial charge in [-0.15, -0.1) is 0 Å². The maximum Gasteiger partial charge on any atom is 0.327 e. The molecule has 2 aliphatic rings. The maximum absolute atomic E-state index is 12.4. The predicted octanol–water partition coefficient (Wildman–Crippen LogP) is 1.32. The van der Waals surface area contributed by atoms with Crippen LogP contribution in [0.4, 0.5) is 4.79 Å². The van der Waals surface area contributed by atoms with Crippen molar-refractivity contribution in [3.05, 3.63) is 29.8 Å². The van der Waals surface area contributed by atoms with Crippen molar-refractivity contribution in [2.75, 3.05) is 14.2 Å². The van der Waals surface area contributed by atoms with E-state index in [0.29, 0.717) is 5.75 Å². The molecule has 1 aromatic carbocycles. The number of hydrogen-bond acceptors (Lipinski definition) is 4. The molecule has 1 spiro atoms. The van der Waals surface area contributed by atoms with Gasteiger partial charge in [0.2, 0.25) is 0 Å². The van der Waals surface area contributed by atoms with Crippen LogP contribution in [0.2, 0.25) is 0 Å². The first-order chi connectivity index (χ1) is 10.9. The summed E-state index contributed by atoms with van der Waals surface area (Å²) in [5.74, 6) is -1.10. The molecule has 3 rings (SSSR count). The fourth-order valence-corrected chi connectivity index (χ4v) is 3.34. The smallest absolute Gasteiger partial charge is 0.327 e. The molecule has 1 N–H and O–H groups in total. The first-order valence-electron chi connectivity index (χ1n) is 7.34. The minimum absolute atomic E-state index is 0.174. The first-order valence-corrected chi connectivity index (χ1v) is 7.34. The van der Waals surface area contributed by atoms with Crippen molar-refractivity contribution in [2.45, 2.75) is 24.9 Å². The van der Waals surface area contributed by atoms with Gasteiger partial charge in [-0.05, 0) is 30.5 Å². The monoisotopic (exact) mass is 318 g/mol. The second kappa shape index (κ2) is 5.26. The summed E-state index contributed by atoms with van der Waals surface area (Å²) in [5, 5.41) is 9.09. The van der Waals surface area contributed by atoms with Crippen molar-refractivity contribution in [3.63, 3.8) is 0 Å². The second-order valence-corrected chi connectivity index (χ2v) is 6.06. The number of ether oxygens (including phenoxy) is 1. The molecule has 122 valence electrons. The number of carbonyl (C=O) groups is 3. The Morgan fingerprint density at radius 1 is 1.30 bits per heavy atom. The maximum atomic E-state index is 12.4. The minimum atomic E-state index is -1.01. The van der Waals surface area contributed by atoms with Gasteiger partial charge in [-0.3, -0.25) is 14.5 Å². The van der Waals surface area contributed by atoms with Gasteiger partial charge in [-0.2, -0.15) is 0 Å². The third-order valence-corrected chi connectivity index (χ3v) is 4.75. The zero-order chi connectivity index (χ0) is 16.8. The third-order valence-electron chi connectivity index (χ3n) is 4.75. The molecule has 1 saturated heterocycles. The SMILES string of the molecule is COc1ccc(CN2C(=O)N(C)C(=O)C23CC(C(=O)O)C3)cc1. The summed E-state index contributed by atoms with van der Waals surface area (Å²) in [7, 11) is 3.01. The molecular formula is C16H18N2O5. The van der Waals surface area contributed by atoms with E-state index in [1.807, 2.05) is 12.1 Å². The summed E-state index contributed by atoms with van der Waals surface area (Å²) < 4.78 is 5.10. The van der Waals surface area contributed by atoms with Crippen LogP contribution >= 0.6 is 0 Å². The van der Waals surface area contributed by atoms with Crippen molar-refractivity contribution in [2.24, 2.45) is 5.92 Å². The van der Waals surface area contributed by atoms with Crippen molar-refractivity contribution in [3.8, 4) is 5.75 Å². The van der Waals surface area contributed by atoms with E-state index in [2.05, 4.69) is 0 Å². The molecule has 0 unspecified atom stereocenters. The van der Waals surface area contributed by atoms with Gasteiger partial charge in [0.05, 0.1) is 13.0 Å². The number of nitrogens with zero attached hydrogens (tertiary/aromatic N) is 2. The number of urea groups is 1. The lowest BCUT2D eigenvalue weighted by Crippen LogP contribution is -2.60. The van der Waals surface area contributed by atoms with Crippen LogP contribution in [0.15, 0.2) is 24.3 Å². The van der Waals surface area contributed by atoms with Crippen LogP contribution in [-0.2, 0) is 16.1 Å². The Morgan fingerprint density at radius 2 is 1.91 bits per heavy atom. The summed E-state index contributed by atoms with van der Waals surface area (Å²) in [6.45, 7) is 0.269. The number of carboxylic acid groups (broad SMARTS) is 1. The lowest BCUT2D eigenvalue weighted by atomic mass is 9.67. The number of benzene rings is 1. The normalized spacial score (nSPS) is 26.6. The van der Waals surface area contributed by atoms with Gasteiger partial charge in [0.1, 0.15) is 11.3 Å². The molecule has 1 saturated carbocycles. The number of aliphatic carboxylic acids is 1. The zero-order valence-corrected chi connectivity index (χ0v) is 13.0. The minimum Gasteiger partial charge on any atom is -0.497 e. The number of imide groups is 1. The quantitative estimate of drug-likeness (QED) is 0.846. The Hall–Kier alpha value is -2.57. The number of carboxylic acids is 1. The van der Waals surface area contributed by atoms with Gasteiger partial charge in [0, 0.05) is 13.6 Å². The van der Waals surface area contributed by atoms with Crippen LogP contribution in [0, 0.1) is 5.92 Å². The van der Waals surface area contributed by atoms with E-state index in [0.717, 1.165) is 10.5 Å². The van der Waals surface area contributed by atoms with Crippen molar-refractivity contribution >= 4 is 17.9 Å². The van der Waals surface area contributed by atoms with E-state index < -0.39 is 17.4 Å². The summed E-state index contributed by atoms with van der Waals surface area (Å²) in [5.41, 5.74) is -0.144. The molecule has 1 aliphatic carbocycles. The predicted molar refractivity (Wildman–Crippen MR) is 79.8 cm³/mol. The third kappa shape index (κ3) is 2.23. The molecule has 7 nitrogen and oxygen atoms in total. The largest absolute Gasteiger partial charge is 0.497 e. The fraction of sp³-hybridized carbons (Fsp3) is 0.438. The summed E-state index contributed by atoms with van der Waals surface area (Å²) >= 11 is 0. The molecular weight excluding hydrogens is 300 g/mol. The van der Waals surface area contributed by atoms with Crippen LogP contribution in [0.3, 0.4) is 0 Å². The molecule has 23 heavy (non-hydrogen) atoms. The molecule has 0 bridgehead atoms. The molecule has 0 atom stereocenters. The average molecular weight is 318 g/mol. The molecule has 0 radical (unpaired) electrons. The highest BCUT2D eigenvalue weighted by atomic mass is 16.5. The molecule has 3 amide bonds. The van der Waals surface area contributed by atoms with Crippen LogP contribution in [0.1, 0.15) is 18.4 Å². The lowest BCUT2D eigenvalue weighted by molar-refractivity contribution is -0.155. The highest BCUT2D eigenvalue weighted by Crippen LogP contribution is 2.48. The Morgan fingerprint density at radius 3 is 2.43 bits per heavy atom. The number of likely N-dealkylation sites (N-methyl/N-ethyl adjacent to an activating group) is 1. The standard InChI is InChI=1S/C16H18N2O5/c1-17-14(21)16(7-11(8-16)13(19)20)18(15(17)22)9-10-3-5-12(23-2)6-4-10/h3-6,11H,7-9H2,1-2H3,(H,19,20). The number of rotatable bonds is 4. The highest BCUT2D eigenvalue weighted by Gasteiger charge is 2.64. The van der Waals surface area contributed by atoms with Crippen molar-refractivity contribution < 1.29 is 24.2 Å². The van der Waals surface area contributed by atoms with E-state index in [4.69, 9.17) is 9.84 Å². The van der Waals surface area contributed by atoms with Gasteiger partial charge in [0.15, 0.2) is 0 Å². The van der Waals surface area contributed by atoms with Crippen molar-refractivity contribution in [1.82, 2.24) is 9.80 Å². The van der Waals surface area contributed by atoms with E-state index in [9.17, 15) is 14.4 Å². The van der Waals surface area contributed by atoms with Gasteiger partial charge < -0.3 is 14.7 Å². The Bertz CT molecular complexity index is 664. The molecule has 0 aromatic heterocycles. The Labute approximate surface area is 133 Å². The summed E-state index contributed by atoms with van der Waals surface area (Å²) in [6, 6.07) is 6.85. The molecule has 1 aromatic rings. The van der Waals surface area contributed by atoms with Crippen LogP contribution in [0.5, 0.6) is 5.75 Å². The number of amides is 3. The first kappa shape index (κ1) is 15.3. The highest BCUT2D eigenvalue weighted by molar-refractivity contribution is 6.08. The fourth-order valence-electron chi connectivity index (χ4n) is 3.34. The van der Waals surface area contributed by atoms with Gasteiger partial charge in [-0.25, -0.2) is 4.79 Å². The number of methoxy groups -OCH3 is 1. The van der Waals surface area contributed by atoms with E-state index in [1.54, 1.807) is 19.2 Å². The second-order valence-electron chi connectivity index (χ2n) is 6.06. The summed E-state index contributed by atoms with van der Waals surface area (Å²) in [4.78, 5) is 38.5. The van der Waals surface area contributed by atoms with Gasteiger partial charge in [0.25, 0.3) is 5.91 Å².